The number of hydrogen-bond acceptors (Lipinski definition) is 4. The van der Waals surface area contributed by atoms with E-state index in [4.69, 9.17) is 27.9 Å². The summed E-state index contributed by atoms with van der Waals surface area (Å²) in [7, 11) is -2.64. The van der Waals surface area contributed by atoms with Crippen molar-refractivity contribution in [3.8, 4) is 5.75 Å². The van der Waals surface area contributed by atoms with Crippen LogP contribution in [-0.2, 0) is 21.0 Å². The summed E-state index contributed by atoms with van der Waals surface area (Å²) in [5, 5.41) is 2.05. The molecule has 0 unspecified atom stereocenters. The first kappa shape index (κ1) is 24.1. The van der Waals surface area contributed by atoms with Crippen LogP contribution in [-0.4, -0.2) is 33.7 Å². The molecule has 0 aromatic heterocycles. The Kier molecular flexibility index (Phi) is 7.16. The van der Waals surface area contributed by atoms with E-state index >= 15 is 0 Å². The van der Waals surface area contributed by atoms with Crippen LogP contribution in [0.25, 0.3) is 0 Å². The summed E-state index contributed by atoms with van der Waals surface area (Å²) < 4.78 is 70.2. The normalized spacial score (nSPS) is 12.9. The van der Waals surface area contributed by atoms with E-state index < -0.39 is 39.4 Å². The molecule has 0 bridgehead atoms. The molecule has 0 spiro atoms. The highest BCUT2D eigenvalue weighted by Gasteiger charge is 2.36. The number of carbonyl (C=O) groups is 1. The van der Waals surface area contributed by atoms with Crippen LogP contribution in [0.15, 0.2) is 36.4 Å². The number of amides is 1. The molecule has 164 valence electrons. The molecule has 0 aliphatic carbocycles. The predicted molar refractivity (Wildman–Crippen MR) is 110 cm³/mol. The maximum atomic E-state index is 13.3. The van der Waals surface area contributed by atoms with Gasteiger partial charge in [0.2, 0.25) is 15.9 Å². The minimum Gasteiger partial charge on any atom is -0.495 e. The SMILES string of the molecule is COc1ccc(N([C@H](C)C(=O)Nc2ccc(Cl)cc2C(F)(F)F)S(C)(=O)=O)cc1Cl. The topological polar surface area (TPSA) is 75.7 Å². The number of carbonyl (C=O) groups excluding carboxylic acids is 1. The summed E-state index contributed by atoms with van der Waals surface area (Å²) in [6, 6.07) is 5.47. The number of benzene rings is 2. The standard InChI is InChI=1S/C18H17Cl2F3N2O4S/c1-10(17(26)24-15-6-4-11(19)8-13(15)18(21,22)23)25(30(3,27)28)12-5-7-16(29-2)14(20)9-12/h4-10H,1-3H3,(H,24,26)/t10-/m1/s1. The van der Waals surface area contributed by atoms with E-state index in [1.807, 2.05) is 0 Å². The highest BCUT2D eigenvalue weighted by Crippen LogP contribution is 2.37. The number of nitrogens with zero attached hydrogens (tertiary/aromatic N) is 1. The lowest BCUT2D eigenvalue weighted by molar-refractivity contribution is -0.137. The third kappa shape index (κ3) is 5.50. The Morgan fingerprint density at radius 3 is 2.30 bits per heavy atom. The first-order chi connectivity index (χ1) is 13.8. The number of methoxy groups -OCH3 is 1. The lowest BCUT2D eigenvalue weighted by Gasteiger charge is -2.29. The van der Waals surface area contributed by atoms with Gasteiger partial charge in [0.05, 0.1) is 35.3 Å². The summed E-state index contributed by atoms with van der Waals surface area (Å²) >= 11 is 11.7. The average Bonchev–Trinajstić information content (AvgIpc) is 2.61. The summed E-state index contributed by atoms with van der Waals surface area (Å²) in [5.41, 5.74) is -1.67. The van der Waals surface area contributed by atoms with Crippen LogP contribution < -0.4 is 14.4 Å². The number of sulfonamides is 1. The summed E-state index contributed by atoms with van der Waals surface area (Å²) in [5.74, 6) is -0.706. The van der Waals surface area contributed by atoms with Gasteiger partial charge in [-0.3, -0.25) is 9.10 Å². The van der Waals surface area contributed by atoms with Gasteiger partial charge in [0.25, 0.3) is 0 Å². The number of anilines is 2. The van der Waals surface area contributed by atoms with Gasteiger partial charge in [-0.25, -0.2) is 8.42 Å². The van der Waals surface area contributed by atoms with Crippen LogP contribution in [0.5, 0.6) is 5.75 Å². The zero-order valence-electron chi connectivity index (χ0n) is 15.9. The molecular weight excluding hydrogens is 468 g/mol. The van der Waals surface area contributed by atoms with Crippen molar-refractivity contribution >= 4 is 50.5 Å². The summed E-state index contributed by atoms with van der Waals surface area (Å²) in [6.45, 7) is 1.23. The molecule has 2 rings (SSSR count). The maximum Gasteiger partial charge on any atom is 0.418 e. The largest absolute Gasteiger partial charge is 0.495 e. The maximum absolute atomic E-state index is 13.3. The first-order valence-electron chi connectivity index (χ1n) is 8.26. The van der Waals surface area contributed by atoms with Crippen LogP contribution in [0.1, 0.15) is 12.5 Å². The van der Waals surface area contributed by atoms with Gasteiger partial charge >= 0.3 is 6.18 Å². The van der Waals surface area contributed by atoms with Gasteiger partial charge in [-0.2, -0.15) is 13.2 Å². The number of hydrogen-bond donors (Lipinski definition) is 1. The summed E-state index contributed by atoms with van der Waals surface area (Å²) in [4.78, 5) is 12.7. The van der Waals surface area contributed by atoms with Gasteiger partial charge in [0.15, 0.2) is 0 Å². The number of ether oxygens (including phenoxy) is 1. The fraction of sp³-hybridized carbons (Fsp3) is 0.278. The Hall–Kier alpha value is -2.17. The number of rotatable bonds is 6. The highest BCUT2D eigenvalue weighted by molar-refractivity contribution is 7.92. The van der Waals surface area contributed by atoms with Crippen molar-refractivity contribution in [2.45, 2.75) is 19.1 Å². The quantitative estimate of drug-likeness (QED) is 0.637. The van der Waals surface area contributed by atoms with Crippen molar-refractivity contribution < 1.29 is 31.1 Å². The highest BCUT2D eigenvalue weighted by atomic mass is 35.5. The Morgan fingerprint density at radius 1 is 1.17 bits per heavy atom. The van der Waals surface area contributed by atoms with Crippen LogP contribution in [0.3, 0.4) is 0 Å². The fourth-order valence-electron chi connectivity index (χ4n) is 2.70. The monoisotopic (exact) mass is 484 g/mol. The van der Waals surface area contributed by atoms with Crippen LogP contribution >= 0.6 is 23.2 Å². The number of alkyl halides is 3. The van der Waals surface area contributed by atoms with Crippen molar-refractivity contribution in [2.24, 2.45) is 0 Å². The first-order valence-corrected chi connectivity index (χ1v) is 10.9. The van der Waals surface area contributed by atoms with E-state index in [9.17, 15) is 26.4 Å². The van der Waals surface area contributed by atoms with Crippen molar-refractivity contribution in [3.05, 3.63) is 52.0 Å². The van der Waals surface area contributed by atoms with Gasteiger partial charge in [-0.1, -0.05) is 23.2 Å². The molecule has 0 radical (unpaired) electrons. The van der Waals surface area contributed by atoms with E-state index in [-0.39, 0.29) is 21.5 Å². The minimum absolute atomic E-state index is 0.0399. The van der Waals surface area contributed by atoms with Crippen LogP contribution in [0.2, 0.25) is 10.0 Å². The van der Waals surface area contributed by atoms with E-state index in [2.05, 4.69) is 5.32 Å². The molecule has 1 N–H and O–H groups in total. The Labute approximate surface area is 181 Å². The van der Waals surface area contributed by atoms with E-state index in [1.54, 1.807) is 0 Å². The third-order valence-corrected chi connectivity index (χ3v) is 5.80. The van der Waals surface area contributed by atoms with E-state index in [0.29, 0.717) is 6.07 Å². The molecular formula is C18H17Cl2F3N2O4S. The molecule has 0 fully saturated rings. The zero-order chi connectivity index (χ0) is 22.9. The second-order valence-electron chi connectivity index (χ2n) is 6.23. The second-order valence-corrected chi connectivity index (χ2v) is 8.93. The molecule has 0 heterocycles. The van der Waals surface area contributed by atoms with Crippen LogP contribution in [0.4, 0.5) is 24.5 Å². The molecule has 2 aromatic rings. The smallest absolute Gasteiger partial charge is 0.418 e. The van der Waals surface area contributed by atoms with Gasteiger partial charge < -0.3 is 10.1 Å². The molecule has 0 aliphatic heterocycles. The molecule has 1 amide bonds. The second kappa shape index (κ2) is 8.91. The Balaban J connectivity index is 2.42. The predicted octanol–water partition coefficient (Wildman–Crippen LogP) is 4.81. The third-order valence-electron chi connectivity index (χ3n) is 4.02. The van der Waals surface area contributed by atoms with Crippen LogP contribution in [0, 0.1) is 0 Å². The lowest BCUT2D eigenvalue weighted by atomic mass is 10.1. The molecule has 0 aliphatic rings. The summed E-state index contributed by atoms with van der Waals surface area (Å²) in [6.07, 6.45) is -3.92. The van der Waals surface area contributed by atoms with Gasteiger partial charge in [0, 0.05) is 5.02 Å². The van der Waals surface area contributed by atoms with Gasteiger partial charge in [-0.15, -0.1) is 0 Å². The number of halogens is 5. The molecule has 6 nitrogen and oxygen atoms in total. The van der Waals surface area contributed by atoms with Crippen molar-refractivity contribution in [1.29, 1.82) is 0 Å². The van der Waals surface area contributed by atoms with Gasteiger partial charge in [-0.05, 0) is 43.3 Å². The Morgan fingerprint density at radius 2 is 1.80 bits per heavy atom. The lowest BCUT2D eigenvalue weighted by Crippen LogP contribution is -2.45. The van der Waals surface area contributed by atoms with E-state index in [1.165, 1.54) is 38.3 Å². The van der Waals surface area contributed by atoms with E-state index in [0.717, 1.165) is 16.6 Å². The molecule has 30 heavy (non-hydrogen) atoms. The molecule has 0 saturated carbocycles. The fourth-order valence-corrected chi connectivity index (χ4v) is 4.29. The van der Waals surface area contributed by atoms with Gasteiger partial charge in [0.1, 0.15) is 11.8 Å². The molecule has 1 atom stereocenters. The average molecular weight is 485 g/mol. The van der Waals surface area contributed by atoms with Crippen molar-refractivity contribution in [1.82, 2.24) is 0 Å². The molecule has 2 aromatic carbocycles. The molecule has 12 heteroatoms. The van der Waals surface area contributed by atoms with Crippen molar-refractivity contribution in [3.63, 3.8) is 0 Å². The molecule has 0 saturated heterocycles. The minimum atomic E-state index is -4.78. The van der Waals surface area contributed by atoms with Crippen molar-refractivity contribution in [2.75, 3.05) is 23.0 Å². The Bertz CT molecular complexity index is 1060. The zero-order valence-corrected chi connectivity index (χ0v) is 18.2. The number of nitrogens with one attached hydrogen (secondary N) is 1.